The van der Waals surface area contributed by atoms with Crippen molar-refractivity contribution in [1.82, 2.24) is 9.13 Å². The van der Waals surface area contributed by atoms with Crippen molar-refractivity contribution in [2.24, 2.45) is 0 Å². The fraction of sp³-hybridized carbons (Fsp3) is 0.0909. The van der Waals surface area contributed by atoms with Gasteiger partial charge >= 0.3 is 11.7 Å². The highest BCUT2D eigenvalue weighted by molar-refractivity contribution is 6.31. The van der Waals surface area contributed by atoms with Crippen molar-refractivity contribution in [1.29, 1.82) is 0 Å². The molecule has 0 bridgehead atoms. The highest BCUT2D eigenvalue weighted by Crippen LogP contribution is 2.23. The number of nitrogens with zero attached hydrogens (tertiary/aromatic N) is 2. The van der Waals surface area contributed by atoms with Crippen molar-refractivity contribution in [2.75, 3.05) is 0 Å². The normalized spacial score (nSPS) is 11.1. The molecule has 0 saturated carbocycles. The zero-order chi connectivity index (χ0) is 19.8. The van der Waals surface area contributed by atoms with E-state index >= 15 is 0 Å². The monoisotopic (exact) mass is 392 g/mol. The van der Waals surface area contributed by atoms with Crippen LogP contribution in [0.4, 0.5) is 0 Å². The zero-order valence-corrected chi connectivity index (χ0v) is 15.8. The second-order valence-electron chi connectivity index (χ2n) is 6.68. The molecule has 0 radical (unpaired) electrons. The van der Waals surface area contributed by atoms with Crippen LogP contribution in [0.5, 0.6) is 0 Å². The lowest BCUT2D eigenvalue weighted by atomic mass is 10.1. The Balaban J connectivity index is 1.91. The van der Waals surface area contributed by atoms with Gasteiger partial charge in [-0.1, -0.05) is 41.4 Å². The van der Waals surface area contributed by atoms with E-state index < -0.39 is 5.97 Å². The number of aromatic carboxylic acids is 1. The first-order valence-electron chi connectivity index (χ1n) is 8.74. The van der Waals surface area contributed by atoms with Gasteiger partial charge in [-0.15, -0.1) is 0 Å². The van der Waals surface area contributed by atoms with Crippen molar-refractivity contribution >= 4 is 28.6 Å². The number of carboxylic acid groups (broad SMARTS) is 1. The van der Waals surface area contributed by atoms with Crippen LogP contribution in [0, 0.1) is 6.92 Å². The van der Waals surface area contributed by atoms with Crippen LogP contribution in [0.25, 0.3) is 16.7 Å². The van der Waals surface area contributed by atoms with E-state index in [1.165, 1.54) is 6.07 Å². The van der Waals surface area contributed by atoms with E-state index in [-0.39, 0.29) is 17.8 Å². The highest BCUT2D eigenvalue weighted by atomic mass is 35.5. The third-order valence-corrected chi connectivity index (χ3v) is 4.93. The molecule has 0 spiro atoms. The van der Waals surface area contributed by atoms with Gasteiger partial charge in [0.05, 0.1) is 28.8 Å². The van der Waals surface area contributed by atoms with Crippen LogP contribution in [-0.4, -0.2) is 20.2 Å². The van der Waals surface area contributed by atoms with E-state index in [1.54, 1.807) is 33.4 Å². The fourth-order valence-corrected chi connectivity index (χ4v) is 3.48. The number of hydrogen-bond donors (Lipinski definition) is 1. The molecule has 0 aliphatic rings. The number of halogens is 1. The van der Waals surface area contributed by atoms with Gasteiger partial charge in [0.15, 0.2) is 0 Å². The number of hydrogen-bond acceptors (Lipinski definition) is 2. The van der Waals surface area contributed by atoms with Crippen molar-refractivity contribution < 1.29 is 9.90 Å². The molecular formula is C22H17ClN2O3. The Bertz CT molecular complexity index is 1250. The Morgan fingerprint density at radius 2 is 1.75 bits per heavy atom. The summed E-state index contributed by atoms with van der Waals surface area (Å²) in [6, 6.07) is 19.6. The van der Waals surface area contributed by atoms with Gasteiger partial charge in [-0.2, -0.15) is 0 Å². The number of aromatic nitrogens is 2. The molecule has 0 aliphatic carbocycles. The van der Waals surface area contributed by atoms with Crippen LogP contribution in [0.3, 0.4) is 0 Å². The first kappa shape index (κ1) is 18.1. The van der Waals surface area contributed by atoms with Gasteiger partial charge in [-0.05, 0) is 55.0 Å². The lowest BCUT2D eigenvalue weighted by molar-refractivity contribution is 0.0696. The summed E-state index contributed by atoms with van der Waals surface area (Å²) < 4.78 is 3.26. The zero-order valence-electron chi connectivity index (χ0n) is 15.1. The van der Waals surface area contributed by atoms with E-state index in [0.29, 0.717) is 10.5 Å². The molecule has 28 heavy (non-hydrogen) atoms. The molecule has 4 rings (SSSR count). The molecule has 0 saturated heterocycles. The molecule has 6 heteroatoms. The molecule has 3 aromatic carbocycles. The molecule has 0 atom stereocenters. The van der Waals surface area contributed by atoms with Crippen molar-refractivity contribution in [3.8, 4) is 5.69 Å². The number of fused-ring (bicyclic) bond motifs is 1. The Labute approximate surface area is 166 Å². The van der Waals surface area contributed by atoms with E-state index in [0.717, 1.165) is 22.3 Å². The summed E-state index contributed by atoms with van der Waals surface area (Å²) in [6.07, 6.45) is 0. The number of rotatable bonds is 4. The molecular weight excluding hydrogens is 376 g/mol. The fourth-order valence-electron chi connectivity index (χ4n) is 3.31. The Morgan fingerprint density at radius 3 is 2.46 bits per heavy atom. The van der Waals surface area contributed by atoms with Gasteiger partial charge in [0.2, 0.25) is 0 Å². The summed E-state index contributed by atoms with van der Waals surface area (Å²) in [4.78, 5) is 24.5. The quantitative estimate of drug-likeness (QED) is 0.556. The average Bonchev–Trinajstić information content (AvgIpc) is 2.94. The van der Waals surface area contributed by atoms with Crippen molar-refractivity contribution in [3.63, 3.8) is 0 Å². The SMILES string of the molecule is Cc1ccc(-n2c(=O)n(Cc3cccc(C(=O)O)c3)c3ccc(Cl)cc32)cc1. The molecule has 4 aromatic rings. The minimum atomic E-state index is -0.997. The Hall–Kier alpha value is -3.31. The second kappa shape index (κ2) is 7.02. The highest BCUT2D eigenvalue weighted by Gasteiger charge is 2.16. The molecule has 5 nitrogen and oxygen atoms in total. The molecule has 1 heterocycles. The van der Waals surface area contributed by atoms with Crippen LogP contribution in [0.1, 0.15) is 21.5 Å². The maximum Gasteiger partial charge on any atom is 0.335 e. The second-order valence-corrected chi connectivity index (χ2v) is 7.11. The molecule has 1 aromatic heterocycles. The topological polar surface area (TPSA) is 64.2 Å². The third-order valence-electron chi connectivity index (χ3n) is 4.70. The van der Waals surface area contributed by atoms with E-state index in [1.807, 2.05) is 43.3 Å². The van der Waals surface area contributed by atoms with Gasteiger partial charge in [0.25, 0.3) is 0 Å². The van der Waals surface area contributed by atoms with Gasteiger partial charge < -0.3 is 5.11 Å². The van der Waals surface area contributed by atoms with Gasteiger partial charge in [0, 0.05) is 5.02 Å². The number of imidazole rings is 1. The van der Waals surface area contributed by atoms with E-state index in [4.69, 9.17) is 11.6 Å². The predicted molar refractivity (Wildman–Crippen MR) is 110 cm³/mol. The van der Waals surface area contributed by atoms with Crippen LogP contribution in [0.2, 0.25) is 5.02 Å². The summed E-state index contributed by atoms with van der Waals surface area (Å²) in [5.41, 5.74) is 4.01. The van der Waals surface area contributed by atoms with Gasteiger partial charge in [-0.3, -0.25) is 9.13 Å². The summed E-state index contributed by atoms with van der Waals surface area (Å²) in [7, 11) is 0. The number of carbonyl (C=O) groups is 1. The maximum absolute atomic E-state index is 13.3. The lowest BCUT2D eigenvalue weighted by Gasteiger charge is -2.05. The Kier molecular flexibility index (Phi) is 4.53. The van der Waals surface area contributed by atoms with E-state index in [9.17, 15) is 14.7 Å². The summed E-state index contributed by atoms with van der Waals surface area (Å²) in [6.45, 7) is 2.25. The first-order chi connectivity index (χ1) is 13.4. The summed E-state index contributed by atoms with van der Waals surface area (Å²) in [5.74, 6) is -0.997. The van der Waals surface area contributed by atoms with Crippen LogP contribution in [-0.2, 0) is 6.54 Å². The maximum atomic E-state index is 13.3. The van der Waals surface area contributed by atoms with Crippen molar-refractivity contribution in [3.05, 3.63) is 98.9 Å². The number of benzene rings is 3. The number of aryl methyl sites for hydroxylation is 1. The standard InChI is InChI=1S/C22H17ClN2O3/c1-14-5-8-18(9-6-14)25-20-12-17(23)7-10-19(20)24(22(25)28)13-15-3-2-4-16(11-15)21(26)27/h2-12H,13H2,1H3,(H,26,27). The minimum absolute atomic E-state index is 0.191. The molecule has 0 aliphatic heterocycles. The van der Waals surface area contributed by atoms with Crippen LogP contribution in [0.15, 0.2) is 71.5 Å². The summed E-state index contributed by atoms with van der Waals surface area (Å²) >= 11 is 6.19. The van der Waals surface area contributed by atoms with Gasteiger partial charge in [-0.25, -0.2) is 9.59 Å². The summed E-state index contributed by atoms with van der Waals surface area (Å²) in [5, 5.41) is 9.76. The first-order valence-corrected chi connectivity index (χ1v) is 9.12. The Morgan fingerprint density at radius 1 is 1.00 bits per heavy atom. The predicted octanol–water partition coefficient (Wildman–Crippen LogP) is 4.50. The van der Waals surface area contributed by atoms with Crippen LogP contribution >= 0.6 is 11.6 Å². The molecule has 1 N–H and O–H groups in total. The molecule has 0 amide bonds. The molecule has 0 fully saturated rings. The van der Waals surface area contributed by atoms with Crippen molar-refractivity contribution in [2.45, 2.75) is 13.5 Å². The number of carboxylic acids is 1. The average molecular weight is 393 g/mol. The van der Waals surface area contributed by atoms with Gasteiger partial charge in [0.1, 0.15) is 0 Å². The van der Waals surface area contributed by atoms with E-state index in [2.05, 4.69) is 0 Å². The molecule has 140 valence electrons. The minimum Gasteiger partial charge on any atom is -0.478 e. The molecule has 0 unspecified atom stereocenters. The van der Waals surface area contributed by atoms with Crippen LogP contribution < -0.4 is 5.69 Å². The largest absolute Gasteiger partial charge is 0.478 e. The third kappa shape index (κ3) is 3.21. The lowest BCUT2D eigenvalue weighted by Crippen LogP contribution is -2.23. The smallest absolute Gasteiger partial charge is 0.335 e.